The zero-order valence-electron chi connectivity index (χ0n) is 17.0. The van der Waals surface area contributed by atoms with E-state index in [-0.39, 0.29) is 18.6 Å². The number of hydrogen-bond donors (Lipinski definition) is 1. The van der Waals surface area contributed by atoms with Crippen molar-refractivity contribution >= 4 is 5.91 Å². The maximum Gasteiger partial charge on any atom is 0.258 e. The number of nitrogens with one attached hydrogen (secondary N) is 1. The van der Waals surface area contributed by atoms with Crippen LogP contribution in [0.15, 0.2) is 53.1 Å². The predicted molar refractivity (Wildman–Crippen MR) is 112 cm³/mol. The molecule has 7 nitrogen and oxygen atoms in total. The lowest BCUT2D eigenvalue weighted by atomic mass is 10.2. The first-order valence-electron chi connectivity index (χ1n) is 10.3. The van der Waals surface area contributed by atoms with Crippen LogP contribution in [-0.4, -0.2) is 35.3 Å². The summed E-state index contributed by atoms with van der Waals surface area (Å²) in [6.45, 7) is 2.32. The Morgan fingerprint density at radius 2 is 1.87 bits per heavy atom. The molecule has 0 atom stereocenters. The van der Waals surface area contributed by atoms with Crippen molar-refractivity contribution in [2.24, 2.45) is 0 Å². The Morgan fingerprint density at radius 3 is 2.63 bits per heavy atom. The molecule has 0 radical (unpaired) electrons. The summed E-state index contributed by atoms with van der Waals surface area (Å²) < 4.78 is 16.8. The smallest absolute Gasteiger partial charge is 0.258 e. The first-order valence-corrected chi connectivity index (χ1v) is 10.3. The first-order chi connectivity index (χ1) is 14.7. The molecule has 0 aliphatic heterocycles. The first kappa shape index (κ1) is 19.9. The lowest BCUT2D eigenvalue weighted by molar-refractivity contribution is -0.123. The molecule has 1 fully saturated rings. The molecular weight excluding hydrogens is 382 g/mol. The van der Waals surface area contributed by atoms with E-state index < -0.39 is 0 Å². The van der Waals surface area contributed by atoms with Crippen LogP contribution in [0, 0.1) is 0 Å². The van der Waals surface area contributed by atoms with Gasteiger partial charge in [0.15, 0.2) is 18.1 Å². The summed E-state index contributed by atoms with van der Waals surface area (Å²) in [6, 6.07) is 15.3. The highest BCUT2D eigenvalue weighted by atomic mass is 16.5. The zero-order chi connectivity index (χ0) is 20.8. The summed E-state index contributed by atoms with van der Waals surface area (Å²) in [4.78, 5) is 16.6. The van der Waals surface area contributed by atoms with Gasteiger partial charge < -0.3 is 19.3 Å². The van der Waals surface area contributed by atoms with E-state index in [0.29, 0.717) is 29.8 Å². The van der Waals surface area contributed by atoms with Gasteiger partial charge in [-0.3, -0.25) is 4.79 Å². The number of hydrogen-bond acceptors (Lipinski definition) is 6. The van der Waals surface area contributed by atoms with E-state index >= 15 is 0 Å². The second kappa shape index (κ2) is 9.43. The quantitative estimate of drug-likeness (QED) is 0.601. The van der Waals surface area contributed by atoms with Crippen LogP contribution < -0.4 is 14.8 Å². The Balaban J connectivity index is 1.46. The number of rotatable bonds is 8. The largest absolute Gasteiger partial charge is 0.490 e. The molecule has 1 aliphatic carbocycles. The molecule has 4 rings (SSSR count). The summed E-state index contributed by atoms with van der Waals surface area (Å²) in [5.74, 6) is 1.84. The Morgan fingerprint density at radius 1 is 1.07 bits per heavy atom. The second-order valence-electron chi connectivity index (χ2n) is 7.22. The van der Waals surface area contributed by atoms with Crippen molar-refractivity contribution in [2.45, 2.75) is 38.6 Å². The number of carbonyl (C=O) groups is 1. The summed E-state index contributed by atoms with van der Waals surface area (Å²) in [5, 5.41) is 7.10. The number of nitrogens with zero attached hydrogens (tertiary/aromatic N) is 2. The van der Waals surface area contributed by atoms with Gasteiger partial charge in [-0.1, -0.05) is 36.2 Å². The minimum atomic E-state index is -0.112. The lowest BCUT2D eigenvalue weighted by Crippen LogP contribution is -2.36. The highest BCUT2D eigenvalue weighted by Crippen LogP contribution is 2.32. The number of carbonyl (C=O) groups excluding carboxylic acids is 1. The number of aromatic nitrogens is 2. The van der Waals surface area contributed by atoms with Crippen LogP contribution in [0.25, 0.3) is 22.8 Å². The molecule has 0 unspecified atom stereocenters. The molecule has 0 spiro atoms. The minimum Gasteiger partial charge on any atom is -0.490 e. The van der Waals surface area contributed by atoms with Crippen LogP contribution in [-0.2, 0) is 4.79 Å². The topological polar surface area (TPSA) is 86.5 Å². The SMILES string of the molecule is CCOc1cc(-c2noc(-c3ccccc3)n2)ccc1OCC(=O)NC1CCCC1. The summed E-state index contributed by atoms with van der Waals surface area (Å²) in [5.41, 5.74) is 1.60. The third-order valence-electron chi connectivity index (χ3n) is 5.03. The van der Waals surface area contributed by atoms with E-state index in [0.717, 1.165) is 24.0 Å². The molecule has 156 valence electrons. The normalized spacial score (nSPS) is 13.9. The van der Waals surface area contributed by atoms with Gasteiger partial charge in [0.1, 0.15) is 0 Å². The van der Waals surface area contributed by atoms with Gasteiger partial charge in [0.2, 0.25) is 5.82 Å². The highest BCUT2D eigenvalue weighted by Gasteiger charge is 2.18. The molecule has 1 saturated carbocycles. The van der Waals surface area contributed by atoms with E-state index in [1.807, 2.05) is 43.3 Å². The second-order valence-corrected chi connectivity index (χ2v) is 7.22. The van der Waals surface area contributed by atoms with Gasteiger partial charge in [0, 0.05) is 17.2 Å². The van der Waals surface area contributed by atoms with Gasteiger partial charge in [0.25, 0.3) is 11.8 Å². The Bertz CT molecular complexity index is 981. The molecular formula is C23H25N3O4. The third kappa shape index (κ3) is 4.79. The van der Waals surface area contributed by atoms with E-state index in [9.17, 15) is 4.79 Å². The van der Waals surface area contributed by atoms with Gasteiger partial charge in [-0.25, -0.2) is 0 Å². The molecule has 30 heavy (non-hydrogen) atoms. The molecule has 1 amide bonds. The van der Waals surface area contributed by atoms with Crippen LogP contribution in [0.2, 0.25) is 0 Å². The van der Waals surface area contributed by atoms with Crippen LogP contribution in [0.5, 0.6) is 11.5 Å². The summed E-state index contributed by atoms with van der Waals surface area (Å²) >= 11 is 0. The van der Waals surface area contributed by atoms with Crippen molar-refractivity contribution < 1.29 is 18.8 Å². The van der Waals surface area contributed by atoms with E-state index in [1.165, 1.54) is 12.8 Å². The number of ether oxygens (including phenoxy) is 2. The molecule has 1 aromatic heterocycles. The summed E-state index contributed by atoms with van der Waals surface area (Å²) in [7, 11) is 0. The van der Waals surface area contributed by atoms with Gasteiger partial charge >= 0.3 is 0 Å². The van der Waals surface area contributed by atoms with Crippen molar-refractivity contribution in [3.05, 3.63) is 48.5 Å². The molecule has 3 aromatic rings. The van der Waals surface area contributed by atoms with Gasteiger partial charge in [-0.05, 0) is 50.1 Å². The van der Waals surface area contributed by atoms with Crippen molar-refractivity contribution in [3.8, 4) is 34.3 Å². The Labute approximate surface area is 175 Å². The highest BCUT2D eigenvalue weighted by molar-refractivity contribution is 5.78. The molecule has 1 aliphatic rings. The average molecular weight is 407 g/mol. The fourth-order valence-electron chi connectivity index (χ4n) is 3.56. The van der Waals surface area contributed by atoms with Crippen LogP contribution in [0.4, 0.5) is 0 Å². The zero-order valence-corrected chi connectivity index (χ0v) is 17.0. The molecule has 2 aromatic carbocycles. The summed E-state index contributed by atoms with van der Waals surface area (Å²) in [6.07, 6.45) is 4.42. The van der Waals surface area contributed by atoms with E-state index in [2.05, 4.69) is 15.5 Å². The molecule has 1 heterocycles. The molecule has 0 bridgehead atoms. The maximum absolute atomic E-state index is 12.2. The van der Waals surface area contributed by atoms with Crippen LogP contribution in [0.3, 0.4) is 0 Å². The van der Waals surface area contributed by atoms with Crippen LogP contribution in [0.1, 0.15) is 32.6 Å². The maximum atomic E-state index is 12.2. The fourth-order valence-corrected chi connectivity index (χ4v) is 3.56. The average Bonchev–Trinajstić information content (AvgIpc) is 3.46. The van der Waals surface area contributed by atoms with E-state index in [1.54, 1.807) is 12.1 Å². The standard InChI is InChI=1S/C23H25N3O4/c1-2-28-20-14-17(22-25-23(30-26-22)16-8-4-3-5-9-16)12-13-19(20)29-15-21(27)24-18-10-6-7-11-18/h3-5,8-9,12-14,18H,2,6-7,10-11,15H2,1H3,(H,24,27). The Hall–Kier alpha value is -3.35. The predicted octanol–water partition coefficient (Wildman–Crippen LogP) is 4.24. The lowest BCUT2D eigenvalue weighted by Gasteiger charge is -2.15. The monoisotopic (exact) mass is 407 g/mol. The van der Waals surface area contributed by atoms with E-state index in [4.69, 9.17) is 14.0 Å². The minimum absolute atomic E-state index is 0.0454. The third-order valence-corrected chi connectivity index (χ3v) is 5.03. The molecule has 0 saturated heterocycles. The molecule has 7 heteroatoms. The van der Waals surface area contributed by atoms with Crippen molar-refractivity contribution in [2.75, 3.05) is 13.2 Å². The Kier molecular flexibility index (Phi) is 6.27. The molecule has 1 N–H and O–H groups in total. The fraction of sp³-hybridized carbons (Fsp3) is 0.348. The van der Waals surface area contributed by atoms with Gasteiger partial charge in [0.05, 0.1) is 6.61 Å². The van der Waals surface area contributed by atoms with Crippen molar-refractivity contribution in [1.29, 1.82) is 0 Å². The number of amides is 1. The van der Waals surface area contributed by atoms with Gasteiger partial charge in [-0.15, -0.1) is 0 Å². The van der Waals surface area contributed by atoms with Crippen molar-refractivity contribution in [1.82, 2.24) is 15.5 Å². The number of benzene rings is 2. The van der Waals surface area contributed by atoms with Crippen molar-refractivity contribution in [3.63, 3.8) is 0 Å². The van der Waals surface area contributed by atoms with Gasteiger partial charge in [-0.2, -0.15) is 4.98 Å². The van der Waals surface area contributed by atoms with Crippen LogP contribution >= 0.6 is 0 Å².